The van der Waals surface area contributed by atoms with Crippen molar-refractivity contribution in [3.05, 3.63) is 34.9 Å². The average molecular weight is 326 g/mol. The zero-order valence-electron chi connectivity index (χ0n) is 13.4. The van der Waals surface area contributed by atoms with Gasteiger partial charge in [0.2, 0.25) is 0 Å². The van der Waals surface area contributed by atoms with Gasteiger partial charge >= 0.3 is 0 Å². The average Bonchev–Trinajstić information content (AvgIpc) is 2.47. The molecule has 0 bridgehead atoms. The maximum absolute atomic E-state index is 6.29. The van der Waals surface area contributed by atoms with E-state index in [-0.39, 0.29) is 0 Å². The lowest BCUT2D eigenvalue weighted by molar-refractivity contribution is 0.247. The molecule has 0 aromatic heterocycles. The fraction of sp³-hybridized carbons (Fsp3) is 0.667. The van der Waals surface area contributed by atoms with Crippen LogP contribution < -0.4 is 5.32 Å². The van der Waals surface area contributed by atoms with E-state index < -0.39 is 0 Å². The fourth-order valence-corrected chi connectivity index (χ4v) is 5.03. The van der Waals surface area contributed by atoms with Gasteiger partial charge in [0, 0.05) is 22.1 Å². The molecule has 0 amide bonds. The number of halogens is 1. The molecule has 1 fully saturated rings. The van der Waals surface area contributed by atoms with E-state index in [0.29, 0.717) is 11.3 Å². The number of thioether (sulfide) groups is 1. The fourth-order valence-electron chi connectivity index (χ4n) is 3.26. The largest absolute Gasteiger partial charge is 0.313 e. The molecule has 1 aliphatic rings. The molecule has 3 unspecified atom stereocenters. The van der Waals surface area contributed by atoms with Gasteiger partial charge in [-0.2, -0.15) is 11.8 Å². The smallest absolute Gasteiger partial charge is 0.0446 e. The van der Waals surface area contributed by atoms with Crippen LogP contribution in [0.1, 0.15) is 45.6 Å². The third kappa shape index (κ3) is 4.91. The van der Waals surface area contributed by atoms with Gasteiger partial charge in [0.25, 0.3) is 0 Å². The summed E-state index contributed by atoms with van der Waals surface area (Å²) in [6, 6.07) is 8.91. The van der Waals surface area contributed by atoms with Crippen LogP contribution in [0.4, 0.5) is 0 Å². The molecule has 3 heteroatoms. The van der Waals surface area contributed by atoms with E-state index in [2.05, 4.69) is 50.0 Å². The molecule has 118 valence electrons. The van der Waals surface area contributed by atoms with Crippen molar-refractivity contribution in [2.24, 2.45) is 11.8 Å². The number of benzene rings is 1. The summed E-state index contributed by atoms with van der Waals surface area (Å²) in [4.78, 5) is 0. The first-order chi connectivity index (χ1) is 10.1. The van der Waals surface area contributed by atoms with Crippen molar-refractivity contribution in [2.45, 2.75) is 57.1 Å². The predicted molar refractivity (Wildman–Crippen MR) is 96.2 cm³/mol. The Morgan fingerprint density at radius 1 is 1.29 bits per heavy atom. The first-order valence-electron chi connectivity index (χ1n) is 8.20. The summed E-state index contributed by atoms with van der Waals surface area (Å²) < 4.78 is 0. The third-order valence-corrected chi connectivity index (χ3v) is 6.45. The van der Waals surface area contributed by atoms with Gasteiger partial charge < -0.3 is 5.32 Å². The molecule has 1 N–H and O–H groups in total. The summed E-state index contributed by atoms with van der Waals surface area (Å²) in [6.45, 7) is 8.02. The minimum Gasteiger partial charge on any atom is -0.313 e. The van der Waals surface area contributed by atoms with Gasteiger partial charge in [0.15, 0.2) is 0 Å². The summed E-state index contributed by atoms with van der Waals surface area (Å²) in [6.07, 6.45) is 4.03. The predicted octanol–water partition coefficient (Wildman–Crippen LogP) is 5.38. The van der Waals surface area contributed by atoms with Crippen molar-refractivity contribution in [2.75, 3.05) is 6.54 Å². The standard InChI is InChI=1S/C18H28ClNS/c1-4-20-17-10-9-14(13(2)3)11-18(17)21-12-15-7-5-6-8-16(15)19/h5-8,13-14,17-18,20H,4,9-12H2,1-3H3. The molecule has 1 aromatic rings. The zero-order chi connectivity index (χ0) is 15.2. The summed E-state index contributed by atoms with van der Waals surface area (Å²) in [5, 5.41) is 5.31. The van der Waals surface area contributed by atoms with Gasteiger partial charge in [-0.3, -0.25) is 0 Å². The quantitative estimate of drug-likeness (QED) is 0.754. The summed E-state index contributed by atoms with van der Waals surface area (Å²) in [5.74, 6) is 2.71. The maximum atomic E-state index is 6.29. The van der Waals surface area contributed by atoms with Gasteiger partial charge in [-0.05, 0) is 49.3 Å². The van der Waals surface area contributed by atoms with Gasteiger partial charge in [-0.15, -0.1) is 0 Å². The van der Waals surface area contributed by atoms with Crippen LogP contribution in [0.5, 0.6) is 0 Å². The molecule has 0 saturated heterocycles. The molecule has 0 heterocycles. The van der Waals surface area contributed by atoms with Crippen molar-refractivity contribution >= 4 is 23.4 Å². The van der Waals surface area contributed by atoms with Crippen molar-refractivity contribution in [1.29, 1.82) is 0 Å². The van der Waals surface area contributed by atoms with Crippen LogP contribution in [0, 0.1) is 11.8 Å². The molecular weight excluding hydrogens is 298 g/mol. The Morgan fingerprint density at radius 2 is 2.05 bits per heavy atom. The van der Waals surface area contributed by atoms with E-state index in [1.54, 1.807) is 0 Å². The Bertz CT molecular complexity index is 435. The van der Waals surface area contributed by atoms with Crippen molar-refractivity contribution in [1.82, 2.24) is 5.32 Å². The molecule has 0 spiro atoms. The highest BCUT2D eigenvalue weighted by Crippen LogP contribution is 2.38. The Balaban J connectivity index is 1.97. The number of rotatable bonds is 6. The molecule has 0 radical (unpaired) electrons. The Hall–Kier alpha value is -0.180. The van der Waals surface area contributed by atoms with Crippen molar-refractivity contribution in [3.63, 3.8) is 0 Å². The molecule has 1 saturated carbocycles. The van der Waals surface area contributed by atoms with Crippen LogP contribution in [0.25, 0.3) is 0 Å². The Labute approximate surface area is 139 Å². The Kier molecular flexibility index (Phi) is 6.91. The van der Waals surface area contributed by atoms with E-state index in [0.717, 1.165) is 29.2 Å². The van der Waals surface area contributed by atoms with E-state index in [1.165, 1.54) is 24.8 Å². The van der Waals surface area contributed by atoms with Crippen LogP contribution in [-0.2, 0) is 5.75 Å². The zero-order valence-corrected chi connectivity index (χ0v) is 15.0. The lowest BCUT2D eigenvalue weighted by atomic mass is 9.79. The molecule has 21 heavy (non-hydrogen) atoms. The lowest BCUT2D eigenvalue weighted by Gasteiger charge is -2.38. The monoisotopic (exact) mass is 325 g/mol. The van der Waals surface area contributed by atoms with Gasteiger partial charge in [-0.1, -0.05) is 50.6 Å². The van der Waals surface area contributed by atoms with E-state index >= 15 is 0 Å². The highest BCUT2D eigenvalue weighted by Gasteiger charge is 2.31. The molecule has 0 aliphatic heterocycles. The summed E-state index contributed by atoms with van der Waals surface area (Å²) >= 11 is 8.38. The molecule has 1 aromatic carbocycles. The second kappa shape index (κ2) is 8.45. The van der Waals surface area contributed by atoms with Gasteiger partial charge in [0.05, 0.1) is 0 Å². The SMILES string of the molecule is CCNC1CCC(C(C)C)CC1SCc1ccccc1Cl. The summed E-state index contributed by atoms with van der Waals surface area (Å²) in [5.41, 5.74) is 1.27. The normalized spacial score (nSPS) is 26.2. The first kappa shape index (κ1) is 17.2. The summed E-state index contributed by atoms with van der Waals surface area (Å²) in [7, 11) is 0. The highest BCUT2D eigenvalue weighted by molar-refractivity contribution is 7.99. The third-order valence-electron chi connectivity index (χ3n) is 4.65. The minimum atomic E-state index is 0.664. The van der Waals surface area contributed by atoms with Crippen LogP contribution in [-0.4, -0.2) is 17.8 Å². The second-order valence-corrected chi connectivity index (χ2v) is 8.06. The van der Waals surface area contributed by atoms with Crippen molar-refractivity contribution in [3.8, 4) is 0 Å². The molecule has 1 aliphatic carbocycles. The molecule has 3 atom stereocenters. The molecule has 2 rings (SSSR count). The Morgan fingerprint density at radius 3 is 2.71 bits per heavy atom. The number of hydrogen-bond donors (Lipinski definition) is 1. The van der Waals surface area contributed by atoms with Crippen molar-refractivity contribution < 1.29 is 0 Å². The first-order valence-corrected chi connectivity index (χ1v) is 9.62. The van der Waals surface area contributed by atoms with Gasteiger partial charge in [0.1, 0.15) is 0 Å². The molecule has 1 nitrogen and oxygen atoms in total. The van der Waals surface area contributed by atoms with E-state index in [9.17, 15) is 0 Å². The number of hydrogen-bond acceptors (Lipinski definition) is 2. The van der Waals surface area contributed by atoms with E-state index in [1.807, 2.05) is 12.1 Å². The van der Waals surface area contributed by atoms with Gasteiger partial charge in [-0.25, -0.2) is 0 Å². The van der Waals surface area contributed by atoms with Crippen LogP contribution in [0.15, 0.2) is 24.3 Å². The van der Waals surface area contributed by atoms with Crippen LogP contribution >= 0.6 is 23.4 Å². The lowest BCUT2D eigenvalue weighted by Crippen LogP contribution is -2.43. The minimum absolute atomic E-state index is 0.664. The highest BCUT2D eigenvalue weighted by atomic mass is 35.5. The van der Waals surface area contributed by atoms with Crippen LogP contribution in [0.2, 0.25) is 5.02 Å². The number of nitrogens with one attached hydrogen (secondary N) is 1. The topological polar surface area (TPSA) is 12.0 Å². The van der Waals surface area contributed by atoms with E-state index in [4.69, 9.17) is 11.6 Å². The maximum Gasteiger partial charge on any atom is 0.0446 e. The molecular formula is C18H28ClNS. The second-order valence-electron chi connectivity index (χ2n) is 6.42. The van der Waals surface area contributed by atoms with Crippen LogP contribution in [0.3, 0.4) is 0 Å².